The Morgan fingerprint density at radius 2 is 2.40 bits per heavy atom. The van der Waals surface area contributed by atoms with Crippen LogP contribution in [0.4, 0.5) is 0 Å². The predicted octanol–water partition coefficient (Wildman–Crippen LogP) is 1.47. The van der Waals surface area contributed by atoms with Crippen LogP contribution >= 0.6 is 11.8 Å². The first-order chi connectivity index (χ1) is 9.61. The molecular formula is C12H9N3O4S. The summed E-state index contributed by atoms with van der Waals surface area (Å²) in [6.07, 6.45) is 1.36. The first kappa shape index (κ1) is 13.9. The van der Waals surface area contributed by atoms with E-state index in [-0.39, 0.29) is 28.6 Å². The summed E-state index contributed by atoms with van der Waals surface area (Å²) in [4.78, 5) is 28.8. The molecule has 0 radical (unpaired) electrons. The van der Waals surface area contributed by atoms with Crippen LogP contribution in [0.5, 0.6) is 0 Å². The van der Waals surface area contributed by atoms with Gasteiger partial charge in [0.1, 0.15) is 17.3 Å². The zero-order valence-corrected chi connectivity index (χ0v) is 10.9. The van der Waals surface area contributed by atoms with E-state index in [9.17, 15) is 9.59 Å². The molecule has 2 aromatic heterocycles. The van der Waals surface area contributed by atoms with Crippen LogP contribution in [-0.4, -0.2) is 26.8 Å². The fourth-order valence-corrected chi connectivity index (χ4v) is 2.24. The van der Waals surface area contributed by atoms with Gasteiger partial charge in [-0.15, -0.1) is 0 Å². The molecule has 7 nitrogen and oxygen atoms in total. The van der Waals surface area contributed by atoms with Gasteiger partial charge in [0.2, 0.25) is 0 Å². The van der Waals surface area contributed by atoms with E-state index >= 15 is 0 Å². The molecule has 0 aliphatic rings. The Morgan fingerprint density at radius 1 is 1.60 bits per heavy atom. The summed E-state index contributed by atoms with van der Waals surface area (Å²) in [7, 11) is 0. The molecule has 0 saturated heterocycles. The van der Waals surface area contributed by atoms with Gasteiger partial charge in [0, 0.05) is 5.75 Å². The molecule has 8 heteroatoms. The average Bonchev–Trinajstić information content (AvgIpc) is 2.91. The predicted molar refractivity (Wildman–Crippen MR) is 70.3 cm³/mol. The highest BCUT2D eigenvalue weighted by atomic mass is 32.2. The highest BCUT2D eigenvalue weighted by Gasteiger charge is 2.15. The Morgan fingerprint density at radius 3 is 3.00 bits per heavy atom. The van der Waals surface area contributed by atoms with Crippen LogP contribution < -0.4 is 5.56 Å². The van der Waals surface area contributed by atoms with Crippen LogP contribution in [0.3, 0.4) is 0 Å². The van der Waals surface area contributed by atoms with Crippen molar-refractivity contribution in [3.05, 3.63) is 34.3 Å². The highest BCUT2D eigenvalue weighted by Crippen LogP contribution is 2.22. The molecule has 2 heterocycles. The monoisotopic (exact) mass is 291 g/mol. The third-order valence-electron chi connectivity index (χ3n) is 2.32. The number of hydrogen-bond donors (Lipinski definition) is 2. The molecule has 0 unspecified atom stereocenters. The van der Waals surface area contributed by atoms with Gasteiger partial charge in [-0.2, -0.15) is 5.26 Å². The van der Waals surface area contributed by atoms with Gasteiger partial charge in [-0.1, -0.05) is 11.8 Å². The number of carboxylic acid groups (broad SMARTS) is 1. The molecule has 2 N–H and O–H groups in total. The smallest absolute Gasteiger partial charge is 0.304 e. The summed E-state index contributed by atoms with van der Waals surface area (Å²) in [5.41, 5.74) is -0.562. The van der Waals surface area contributed by atoms with Crippen molar-refractivity contribution in [1.29, 1.82) is 5.26 Å². The number of aromatic amines is 1. The topological polar surface area (TPSA) is 120 Å². The van der Waals surface area contributed by atoms with Crippen molar-refractivity contribution in [3.63, 3.8) is 0 Å². The lowest BCUT2D eigenvalue weighted by Gasteiger charge is -2.03. The van der Waals surface area contributed by atoms with E-state index in [1.165, 1.54) is 6.26 Å². The van der Waals surface area contributed by atoms with E-state index in [0.717, 1.165) is 11.8 Å². The lowest BCUT2D eigenvalue weighted by atomic mass is 10.2. The molecule has 0 bridgehead atoms. The second-order valence-electron chi connectivity index (χ2n) is 3.68. The second-order valence-corrected chi connectivity index (χ2v) is 4.76. The van der Waals surface area contributed by atoms with Crippen LogP contribution in [-0.2, 0) is 4.79 Å². The van der Waals surface area contributed by atoms with Crippen LogP contribution in [0, 0.1) is 11.3 Å². The molecule has 0 saturated carbocycles. The largest absolute Gasteiger partial charge is 0.481 e. The van der Waals surface area contributed by atoms with E-state index in [1.54, 1.807) is 18.2 Å². The number of hydrogen-bond acceptors (Lipinski definition) is 6. The van der Waals surface area contributed by atoms with Crippen molar-refractivity contribution in [3.8, 4) is 17.5 Å². The molecule has 0 aliphatic carbocycles. The van der Waals surface area contributed by atoms with Gasteiger partial charge in [-0.25, -0.2) is 4.98 Å². The van der Waals surface area contributed by atoms with E-state index < -0.39 is 11.5 Å². The molecule has 0 spiro atoms. The first-order valence-electron chi connectivity index (χ1n) is 5.54. The van der Waals surface area contributed by atoms with E-state index in [2.05, 4.69) is 9.97 Å². The molecule has 2 aromatic rings. The number of rotatable bonds is 5. The van der Waals surface area contributed by atoms with Crippen molar-refractivity contribution in [2.45, 2.75) is 11.6 Å². The van der Waals surface area contributed by atoms with Crippen molar-refractivity contribution < 1.29 is 14.3 Å². The van der Waals surface area contributed by atoms with Gasteiger partial charge in [-0.3, -0.25) is 9.59 Å². The summed E-state index contributed by atoms with van der Waals surface area (Å²) >= 11 is 1.09. The fourth-order valence-electron chi connectivity index (χ4n) is 1.45. The number of aliphatic carboxylic acids is 1. The van der Waals surface area contributed by atoms with E-state index in [0.29, 0.717) is 5.76 Å². The van der Waals surface area contributed by atoms with Gasteiger partial charge >= 0.3 is 5.97 Å². The normalized spacial score (nSPS) is 10.2. The minimum absolute atomic E-state index is 0.0511. The summed E-state index contributed by atoms with van der Waals surface area (Å²) in [6.45, 7) is 0. The number of thioether (sulfide) groups is 1. The molecule has 102 valence electrons. The van der Waals surface area contributed by atoms with E-state index in [1.807, 2.05) is 0 Å². The lowest BCUT2D eigenvalue weighted by Crippen LogP contribution is -2.14. The maximum atomic E-state index is 11.8. The second kappa shape index (κ2) is 6.08. The summed E-state index contributed by atoms with van der Waals surface area (Å²) in [5.74, 6) is -0.352. The molecule has 0 aromatic carbocycles. The number of nitrogens with zero attached hydrogens (tertiary/aromatic N) is 2. The van der Waals surface area contributed by atoms with Crippen LogP contribution in [0.25, 0.3) is 11.5 Å². The zero-order chi connectivity index (χ0) is 14.5. The number of nitriles is 1. The summed E-state index contributed by atoms with van der Waals surface area (Å²) < 4.78 is 5.14. The lowest BCUT2D eigenvalue weighted by molar-refractivity contribution is -0.136. The van der Waals surface area contributed by atoms with Crippen molar-refractivity contribution in [1.82, 2.24) is 9.97 Å². The third kappa shape index (κ3) is 3.07. The summed E-state index contributed by atoms with van der Waals surface area (Å²) in [6, 6.07) is 5.00. The van der Waals surface area contributed by atoms with Crippen molar-refractivity contribution in [2.75, 3.05) is 5.75 Å². The van der Waals surface area contributed by atoms with Gasteiger partial charge in [0.05, 0.1) is 12.7 Å². The van der Waals surface area contributed by atoms with Gasteiger partial charge in [0.25, 0.3) is 5.56 Å². The number of nitrogens with one attached hydrogen (secondary N) is 1. The quantitative estimate of drug-likeness (QED) is 0.632. The number of H-pyrrole nitrogens is 1. The Hall–Kier alpha value is -2.53. The SMILES string of the molecule is N#Cc1c(-c2ccco2)nc(SCCC(=O)O)[nH]c1=O. The molecule has 0 atom stereocenters. The first-order valence-corrected chi connectivity index (χ1v) is 6.53. The fraction of sp³-hybridized carbons (Fsp3) is 0.167. The average molecular weight is 291 g/mol. The Kier molecular flexibility index (Phi) is 4.22. The summed E-state index contributed by atoms with van der Waals surface area (Å²) in [5, 5.41) is 17.8. The maximum Gasteiger partial charge on any atom is 0.304 e. The third-order valence-corrected chi connectivity index (χ3v) is 3.19. The number of carboxylic acids is 1. The molecule has 0 aliphatic heterocycles. The molecule has 0 fully saturated rings. The standard InChI is InChI=1S/C12H9N3O4S/c13-6-7-10(8-2-1-4-19-8)14-12(15-11(7)18)20-5-3-9(16)17/h1-2,4H,3,5H2,(H,16,17)(H,14,15,18). The molecular weight excluding hydrogens is 282 g/mol. The van der Waals surface area contributed by atoms with Crippen LogP contribution in [0.15, 0.2) is 32.8 Å². The number of furan rings is 1. The Balaban J connectivity index is 2.35. The van der Waals surface area contributed by atoms with E-state index in [4.69, 9.17) is 14.8 Å². The van der Waals surface area contributed by atoms with Gasteiger partial charge < -0.3 is 14.5 Å². The minimum atomic E-state index is -0.931. The molecule has 2 rings (SSSR count). The van der Waals surface area contributed by atoms with Crippen molar-refractivity contribution in [2.24, 2.45) is 0 Å². The van der Waals surface area contributed by atoms with Crippen LogP contribution in [0.2, 0.25) is 0 Å². The zero-order valence-electron chi connectivity index (χ0n) is 10.1. The van der Waals surface area contributed by atoms with Gasteiger partial charge in [0.15, 0.2) is 10.9 Å². The molecule has 20 heavy (non-hydrogen) atoms. The molecule has 0 amide bonds. The number of aromatic nitrogens is 2. The maximum absolute atomic E-state index is 11.8. The Bertz CT molecular complexity index is 715. The van der Waals surface area contributed by atoms with Crippen molar-refractivity contribution >= 4 is 17.7 Å². The highest BCUT2D eigenvalue weighted by molar-refractivity contribution is 7.99. The van der Waals surface area contributed by atoms with Gasteiger partial charge in [-0.05, 0) is 12.1 Å². The minimum Gasteiger partial charge on any atom is -0.481 e. The van der Waals surface area contributed by atoms with Crippen LogP contribution in [0.1, 0.15) is 12.0 Å². The number of carbonyl (C=O) groups is 1. The Labute approximate surface area is 117 Å².